The summed E-state index contributed by atoms with van der Waals surface area (Å²) < 4.78 is 12.0. The number of hydrogen-bond acceptors (Lipinski definition) is 3. The number of hydrogen-bond donors (Lipinski definition) is 0. The van der Waals surface area contributed by atoms with Gasteiger partial charge in [-0.05, 0) is 68.9 Å². The van der Waals surface area contributed by atoms with Gasteiger partial charge in [-0.3, -0.25) is 4.79 Å². The molecule has 4 atom stereocenters. The monoisotopic (exact) mass is 327 g/mol. The van der Waals surface area contributed by atoms with E-state index in [2.05, 4.69) is 4.90 Å². The van der Waals surface area contributed by atoms with Gasteiger partial charge in [0.1, 0.15) is 6.10 Å². The molecule has 5 aliphatic rings. The Morgan fingerprint density at radius 2 is 1.58 bits per heavy atom. The molecule has 24 heavy (non-hydrogen) atoms. The van der Waals surface area contributed by atoms with Crippen LogP contribution in [0.15, 0.2) is 24.3 Å². The van der Waals surface area contributed by atoms with Gasteiger partial charge < -0.3 is 14.4 Å². The predicted molar refractivity (Wildman–Crippen MR) is 90.0 cm³/mol. The summed E-state index contributed by atoms with van der Waals surface area (Å²) in [6, 6.07) is 8.06. The van der Waals surface area contributed by atoms with Crippen molar-refractivity contribution in [2.75, 3.05) is 6.54 Å². The second kappa shape index (κ2) is 5.40. The summed E-state index contributed by atoms with van der Waals surface area (Å²) >= 11 is 0. The Kier molecular flexibility index (Phi) is 3.29. The van der Waals surface area contributed by atoms with Crippen LogP contribution in [0.2, 0.25) is 0 Å². The number of nitrogens with zero attached hydrogens (tertiary/aromatic N) is 1. The summed E-state index contributed by atoms with van der Waals surface area (Å²) in [5.41, 5.74) is 0. The first-order valence-corrected chi connectivity index (χ1v) is 9.40. The molecule has 0 spiro atoms. The van der Waals surface area contributed by atoms with Crippen molar-refractivity contribution in [1.82, 2.24) is 4.90 Å². The molecular weight excluding hydrogens is 302 g/mol. The maximum Gasteiger partial charge on any atom is 0.267 e. The number of rotatable bonds is 1. The van der Waals surface area contributed by atoms with E-state index >= 15 is 0 Å². The number of para-hydroxylation sites is 2. The lowest BCUT2D eigenvalue weighted by molar-refractivity contribution is -0.147. The molecule has 0 N–H and O–H groups in total. The third kappa shape index (κ3) is 2.30. The van der Waals surface area contributed by atoms with E-state index in [0.29, 0.717) is 17.7 Å². The van der Waals surface area contributed by atoms with Crippen LogP contribution < -0.4 is 9.47 Å². The first-order chi connectivity index (χ1) is 11.7. The van der Waals surface area contributed by atoms with E-state index in [-0.39, 0.29) is 12.0 Å². The van der Waals surface area contributed by atoms with Crippen molar-refractivity contribution in [3.8, 4) is 11.5 Å². The van der Waals surface area contributed by atoms with Crippen LogP contribution >= 0.6 is 0 Å². The quantitative estimate of drug-likeness (QED) is 0.795. The van der Waals surface area contributed by atoms with Gasteiger partial charge in [0.05, 0.1) is 0 Å². The maximum absolute atomic E-state index is 13.3. The van der Waals surface area contributed by atoms with Crippen molar-refractivity contribution in [2.24, 2.45) is 17.8 Å². The van der Waals surface area contributed by atoms with E-state index in [1.54, 1.807) is 0 Å². The molecule has 4 nitrogen and oxygen atoms in total. The Hall–Kier alpha value is -1.71. The van der Waals surface area contributed by atoms with Gasteiger partial charge >= 0.3 is 0 Å². The SMILES string of the molecule is CC1Oc2ccccc2OC1C(=O)N1CC2CC3CC(C2)CC1C3. The van der Waals surface area contributed by atoms with Crippen molar-refractivity contribution in [2.45, 2.75) is 57.3 Å². The topological polar surface area (TPSA) is 38.8 Å². The molecule has 4 fully saturated rings. The fraction of sp³-hybridized carbons (Fsp3) is 0.650. The first kappa shape index (κ1) is 14.6. The number of fused-ring (bicyclic) bond motifs is 2. The van der Waals surface area contributed by atoms with Crippen LogP contribution in [0.25, 0.3) is 0 Å². The van der Waals surface area contributed by atoms with E-state index in [1.165, 1.54) is 32.1 Å². The molecule has 6 rings (SSSR count). The van der Waals surface area contributed by atoms with E-state index in [9.17, 15) is 4.79 Å². The van der Waals surface area contributed by atoms with Gasteiger partial charge in [0.2, 0.25) is 6.10 Å². The van der Waals surface area contributed by atoms with Gasteiger partial charge in [-0.25, -0.2) is 0 Å². The van der Waals surface area contributed by atoms with Gasteiger partial charge in [-0.2, -0.15) is 0 Å². The molecule has 1 aromatic rings. The van der Waals surface area contributed by atoms with Crippen LogP contribution in [0.3, 0.4) is 0 Å². The second-order valence-corrected chi connectivity index (χ2v) is 8.23. The van der Waals surface area contributed by atoms with Crippen LogP contribution in [-0.2, 0) is 4.79 Å². The molecule has 2 saturated carbocycles. The van der Waals surface area contributed by atoms with Crippen LogP contribution in [0, 0.1) is 17.8 Å². The van der Waals surface area contributed by atoms with Crippen molar-refractivity contribution in [3.05, 3.63) is 24.3 Å². The standard InChI is InChI=1S/C20H25NO3/c1-12-19(24-18-5-3-2-4-17(18)23-12)20(22)21-11-15-7-13-6-14(8-15)10-16(21)9-13/h2-5,12-16,19H,6-11H2,1H3. The largest absolute Gasteiger partial charge is 0.482 e. The summed E-state index contributed by atoms with van der Waals surface area (Å²) in [5.74, 6) is 3.94. The third-order valence-corrected chi connectivity index (χ3v) is 6.48. The van der Waals surface area contributed by atoms with Crippen molar-refractivity contribution >= 4 is 5.91 Å². The van der Waals surface area contributed by atoms with E-state index in [0.717, 1.165) is 24.1 Å². The van der Waals surface area contributed by atoms with Crippen molar-refractivity contribution in [1.29, 1.82) is 0 Å². The van der Waals surface area contributed by atoms with Gasteiger partial charge in [0, 0.05) is 12.6 Å². The molecule has 4 bridgehead atoms. The summed E-state index contributed by atoms with van der Waals surface area (Å²) in [4.78, 5) is 15.5. The molecule has 3 heterocycles. The highest BCUT2D eigenvalue weighted by atomic mass is 16.6. The van der Waals surface area contributed by atoms with Crippen LogP contribution in [0.4, 0.5) is 0 Å². The van der Waals surface area contributed by atoms with Gasteiger partial charge in [-0.15, -0.1) is 0 Å². The summed E-state index contributed by atoms with van der Waals surface area (Å²) in [6.45, 7) is 2.87. The van der Waals surface area contributed by atoms with Gasteiger partial charge in [-0.1, -0.05) is 12.1 Å². The lowest BCUT2D eigenvalue weighted by Gasteiger charge is -2.40. The van der Waals surface area contributed by atoms with E-state index in [4.69, 9.17) is 9.47 Å². The summed E-state index contributed by atoms with van der Waals surface area (Å²) in [6.07, 6.45) is 5.64. The zero-order valence-electron chi connectivity index (χ0n) is 14.2. The van der Waals surface area contributed by atoms with E-state index < -0.39 is 6.10 Å². The fourth-order valence-electron chi connectivity index (χ4n) is 5.61. The van der Waals surface area contributed by atoms with Crippen LogP contribution in [-0.4, -0.2) is 35.6 Å². The molecular formula is C20H25NO3. The molecule has 128 valence electrons. The number of amides is 1. The Labute approximate surface area is 143 Å². The minimum absolute atomic E-state index is 0.134. The average molecular weight is 327 g/mol. The highest BCUT2D eigenvalue weighted by Crippen LogP contribution is 2.48. The van der Waals surface area contributed by atoms with Crippen molar-refractivity contribution in [3.63, 3.8) is 0 Å². The lowest BCUT2D eigenvalue weighted by Crippen LogP contribution is -2.54. The molecule has 0 radical (unpaired) electrons. The Morgan fingerprint density at radius 3 is 2.29 bits per heavy atom. The van der Waals surface area contributed by atoms with Crippen molar-refractivity contribution < 1.29 is 14.3 Å². The average Bonchev–Trinajstić information content (AvgIpc) is 2.77. The molecule has 0 aromatic heterocycles. The summed E-state index contributed by atoms with van der Waals surface area (Å²) in [7, 11) is 0. The minimum atomic E-state index is -0.518. The maximum atomic E-state index is 13.3. The smallest absolute Gasteiger partial charge is 0.267 e. The number of benzene rings is 1. The minimum Gasteiger partial charge on any atom is -0.482 e. The third-order valence-electron chi connectivity index (χ3n) is 6.48. The lowest BCUT2D eigenvalue weighted by atomic mass is 9.68. The fourth-order valence-corrected chi connectivity index (χ4v) is 5.61. The zero-order valence-corrected chi connectivity index (χ0v) is 14.2. The molecule has 4 heteroatoms. The Bertz CT molecular complexity index is 646. The highest BCUT2D eigenvalue weighted by Gasteiger charge is 2.47. The number of carbonyl (C=O) groups excluding carboxylic acids is 1. The molecule has 1 amide bonds. The van der Waals surface area contributed by atoms with Gasteiger partial charge in [0.15, 0.2) is 11.5 Å². The van der Waals surface area contributed by atoms with Crippen LogP contribution in [0.1, 0.15) is 39.0 Å². The number of ether oxygens (including phenoxy) is 2. The Morgan fingerprint density at radius 1 is 0.958 bits per heavy atom. The summed E-state index contributed by atoms with van der Waals surface area (Å²) in [5, 5.41) is 0. The van der Waals surface area contributed by atoms with Gasteiger partial charge in [0.25, 0.3) is 5.91 Å². The predicted octanol–water partition coefficient (Wildman–Crippen LogP) is 3.25. The molecule has 4 unspecified atom stereocenters. The number of carbonyl (C=O) groups is 1. The zero-order chi connectivity index (χ0) is 16.3. The molecule has 3 aliphatic heterocycles. The molecule has 2 saturated heterocycles. The van der Waals surface area contributed by atoms with E-state index in [1.807, 2.05) is 31.2 Å². The normalized spacial score (nSPS) is 39.6. The molecule has 2 aliphatic carbocycles. The second-order valence-electron chi connectivity index (χ2n) is 8.23. The molecule has 1 aromatic carbocycles. The highest BCUT2D eigenvalue weighted by molar-refractivity contribution is 5.83. The first-order valence-electron chi connectivity index (χ1n) is 9.40. The Balaban J connectivity index is 1.40. The van der Waals surface area contributed by atoms with Crippen LogP contribution in [0.5, 0.6) is 11.5 Å².